The number of anilines is 1. The lowest BCUT2D eigenvalue weighted by Gasteiger charge is -2.30. The standard InChI is InChI=1S/C28H26ClN5O2/c1-34-17-32-16-24(34)28(35,19-7-10-21(31)11-8-19)20-9-12-23-22(15-20)26(29)25(18-5-3-2-4-6-18)27(33-23)36-14-13-30/h2-12,15-17,35H,13-14,30-31H2,1H3. The number of hydrogen-bond donors (Lipinski definition) is 3. The fourth-order valence-electron chi connectivity index (χ4n) is 4.44. The van der Waals surface area contributed by atoms with Crippen molar-refractivity contribution in [3.63, 3.8) is 0 Å². The second kappa shape index (κ2) is 9.62. The van der Waals surface area contributed by atoms with Gasteiger partial charge in [-0.25, -0.2) is 9.97 Å². The summed E-state index contributed by atoms with van der Waals surface area (Å²) in [5.74, 6) is 0.414. The predicted molar refractivity (Wildman–Crippen MR) is 143 cm³/mol. The van der Waals surface area contributed by atoms with E-state index in [0.29, 0.717) is 63.0 Å². The molecule has 1 atom stereocenters. The van der Waals surface area contributed by atoms with E-state index in [2.05, 4.69) is 4.98 Å². The van der Waals surface area contributed by atoms with E-state index in [9.17, 15) is 5.11 Å². The average Bonchev–Trinajstić information content (AvgIpc) is 3.34. The summed E-state index contributed by atoms with van der Waals surface area (Å²) in [6.45, 7) is 0.661. The second-order valence-corrected chi connectivity index (χ2v) is 8.94. The highest BCUT2D eigenvalue weighted by Crippen LogP contribution is 2.43. The molecule has 2 aromatic heterocycles. The maximum absolute atomic E-state index is 12.3. The molecule has 8 heteroatoms. The van der Waals surface area contributed by atoms with E-state index in [-0.39, 0.29) is 0 Å². The highest BCUT2D eigenvalue weighted by Gasteiger charge is 2.37. The van der Waals surface area contributed by atoms with Crippen molar-refractivity contribution in [1.29, 1.82) is 0 Å². The molecule has 0 saturated carbocycles. The van der Waals surface area contributed by atoms with Gasteiger partial charge < -0.3 is 25.9 Å². The molecule has 0 aliphatic heterocycles. The minimum absolute atomic E-state index is 0.310. The summed E-state index contributed by atoms with van der Waals surface area (Å²) in [6.07, 6.45) is 3.31. The minimum atomic E-state index is -1.52. The highest BCUT2D eigenvalue weighted by atomic mass is 35.5. The van der Waals surface area contributed by atoms with Crippen LogP contribution in [0.15, 0.2) is 85.3 Å². The Morgan fingerprint density at radius 3 is 2.42 bits per heavy atom. The number of pyridine rings is 1. The summed E-state index contributed by atoms with van der Waals surface area (Å²) in [5.41, 5.74) is 14.7. The molecule has 0 radical (unpaired) electrons. The van der Waals surface area contributed by atoms with Gasteiger partial charge in [-0.1, -0.05) is 60.1 Å². The zero-order chi connectivity index (χ0) is 25.3. The first-order valence-electron chi connectivity index (χ1n) is 11.5. The first-order valence-corrected chi connectivity index (χ1v) is 11.9. The fraction of sp³-hybridized carbons (Fsp3) is 0.143. The topological polar surface area (TPSA) is 112 Å². The molecule has 5 rings (SSSR count). The molecule has 0 amide bonds. The quantitative estimate of drug-likeness (QED) is 0.284. The van der Waals surface area contributed by atoms with Gasteiger partial charge in [0.1, 0.15) is 6.61 Å². The van der Waals surface area contributed by atoms with Gasteiger partial charge in [0.05, 0.1) is 34.3 Å². The maximum atomic E-state index is 12.3. The van der Waals surface area contributed by atoms with E-state index < -0.39 is 5.60 Å². The van der Waals surface area contributed by atoms with Crippen LogP contribution in [-0.4, -0.2) is 32.8 Å². The Balaban J connectivity index is 1.76. The monoisotopic (exact) mass is 499 g/mol. The normalized spacial score (nSPS) is 13.0. The van der Waals surface area contributed by atoms with Crippen LogP contribution in [0.25, 0.3) is 22.0 Å². The Labute approximate surface area is 213 Å². The van der Waals surface area contributed by atoms with E-state index in [4.69, 9.17) is 32.8 Å². The predicted octanol–water partition coefficient (Wildman–Crippen LogP) is 4.49. The number of hydrogen-bond acceptors (Lipinski definition) is 6. The number of rotatable bonds is 7. The number of aliphatic hydroxyl groups is 1. The third-order valence-corrected chi connectivity index (χ3v) is 6.63. The number of aryl methyl sites for hydroxylation is 1. The Hall–Kier alpha value is -3.91. The van der Waals surface area contributed by atoms with Gasteiger partial charge in [-0.3, -0.25) is 0 Å². The number of nitrogens with zero attached hydrogens (tertiary/aromatic N) is 3. The van der Waals surface area contributed by atoms with Gasteiger partial charge in [-0.05, 0) is 41.0 Å². The Bertz CT molecular complexity index is 1520. The smallest absolute Gasteiger partial charge is 0.223 e. The molecule has 0 aliphatic carbocycles. The molecule has 0 spiro atoms. The van der Waals surface area contributed by atoms with Crippen LogP contribution in [0.1, 0.15) is 16.8 Å². The van der Waals surface area contributed by atoms with Crippen LogP contribution in [-0.2, 0) is 12.6 Å². The Morgan fingerprint density at radius 1 is 1.03 bits per heavy atom. The Morgan fingerprint density at radius 2 is 1.75 bits per heavy atom. The highest BCUT2D eigenvalue weighted by molar-refractivity contribution is 6.38. The molecule has 0 aliphatic rings. The van der Waals surface area contributed by atoms with Gasteiger partial charge >= 0.3 is 0 Å². The van der Waals surface area contributed by atoms with Gasteiger partial charge in [0, 0.05) is 24.7 Å². The van der Waals surface area contributed by atoms with E-state index in [1.54, 1.807) is 29.2 Å². The summed E-state index contributed by atoms with van der Waals surface area (Å²) < 4.78 is 7.68. The summed E-state index contributed by atoms with van der Waals surface area (Å²) in [5, 5.41) is 13.5. The molecule has 182 valence electrons. The first kappa shape index (κ1) is 23.8. The van der Waals surface area contributed by atoms with Crippen LogP contribution in [0.3, 0.4) is 0 Å². The number of ether oxygens (including phenoxy) is 1. The average molecular weight is 500 g/mol. The molecule has 0 fully saturated rings. The second-order valence-electron chi connectivity index (χ2n) is 8.56. The largest absolute Gasteiger partial charge is 0.476 e. The van der Waals surface area contributed by atoms with E-state index in [0.717, 1.165) is 5.56 Å². The van der Waals surface area contributed by atoms with Gasteiger partial charge in [0.15, 0.2) is 5.60 Å². The van der Waals surface area contributed by atoms with Crippen LogP contribution in [0.5, 0.6) is 5.88 Å². The number of benzene rings is 3. The molecule has 7 nitrogen and oxygen atoms in total. The molecule has 0 bridgehead atoms. The Kier molecular flexibility index (Phi) is 6.36. The van der Waals surface area contributed by atoms with Crippen molar-refractivity contribution in [1.82, 2.24) is 14.5 Å². The summed E-state index contributed by atoms with van der Waals surface area (Å²) in [7, 11) is 1.84. The number of aromatic nitrogens is 3. The van der Waals surface area contributed by atoms with Gasteiger partial charge in [-0.15, -0.1) is 0 Å². The first-order chi connectivity index (χ1) is 17.4. The maximum Gasteiger partial charge on any atom is 0.223 e. The van der Waals surface area contributed by atoms with Crippen LogP contribution in [0.4, 0.5) is 5.69 Å². The zero-order valence-electron chi connectivity index (χ0n) is 19.7. The number of nitrogen functional groups attached to an aromatic ring is 1. The molecule has 0 saturated heterocycles. The minimum Gasteiger partial charge on any atom is -0.476 e. The lowest BCUT2D eigenvalue weighted by Crippen LogP contribution is -2.31. The molecule has 36 heavy (non-hydrogen) atoms. The molecule has 3 aromatic carbocycles. The van der Waals surface area contributed by atoms with Crippen LogP contribution in [0.2, 0.25) is 5.02 Å². The van der Waals surface area contributed by atoms with E-state index in [1.165, 1.54) is 0 Å². The van der Waals surface area contributed by atoms with Crippen LogP contribution >= 0.6 is 11.6 Å². The lowest BCUT2D eigenvalue weighted by molar-refractivity contribution is 0.117. The van der Waals surface area contributed by atoms with Crippen LogP contribution in [0, 0.1) is 0 Å². The summed E-state index contributed by atoms with van der Waals surface area (Å²) in [6, 6.07) is 22.4. The molecule has 5 N–H and O–H groups in total. The van der Waals surface area contributed by atoms with Crippen molar-refractivity contribution < 1.29 is 9.84 Å². The van der Waals surface area contributed by atoms with Crippen molar-refractivity contribution in [2.75, 3.05) is 18.9 Å². The number of imidazole rings is 1. The SMILES string of the molecule is Cn1cncc1C(O)(c1ccc(N)cc1)c1ccc2nc(OCCN)c(-c3ccccc3)c(Cl)c2c1. The third kappa shape index (κ3) is 4.07. The van der Waals surface area contributed by atoms with Gasteiger partial charge in [-0.2, -0.15) is 0 Å². The zero-order valence-corrected chi connectivity index (χ0v) is 20.5. The number of fused-ring (bicyclic) bond motifs is 1. The van der Waals surface area contributed by atoms with E-state index >= 15 is 0 Å². The van der Waals surface area contributed by atoms with E-state index in [1.807, 2.05) is 67.7 Å². The van der Waals surface area contributed by atoms with Gasteiger partial charge in [0.25, 0.3) is 0 Å². The van der Waals surface area contributed by atoms with Crippen molar-refractivity contribution in [3.8, 4) is 17.0 Å². The third-order valence-electron chi connectivity index (χ3n) is 6.24. The van der Waals surface area contributed by atoms with Crippen molar-refractivity contribution in [2.45, 2.75) is 5.60 Å². The summed E-state index contributed by atoms with van der Waals surface area (Å²) >= 11 is 7.04. The lowest BCUT2D eigenvalue weighted by atomic mass is 9.83. The molecule has 2 heterocycles. The molecular formula is C28H26ClN5O2. The molecular weight excluding hydrogens is 474 g/mol. The van der Waals surface area contributed by atoms with Crippen molar-refractivity contribution in [2.24, 2.45) is 12.8 Å². The summed E-state index contributed by atoms with van der Waals surface area (Å²) in [4.78, 5) is 9.00. The fourth-order valence-corrected chi connectivity index (χ4v) is 4.78. The van der Waals surface area contributed by atoms with Crippen LogP contribution < -0.4 is 16.2 Å². The molecule has 5 aromatic rings. The number of halogens is 1. The number of nitrogens with two attached hydrogens (primary N) is 2. The molecule has 1 unspecified atom stereocenters. The van der Waals surface area contributed by atoms with Gasteiger partial charge in [0.2, 0.25) is 5.88 Å². The van der Waals surface area contributed by atoms with Crippen molar-refractivity contribution >= 4 is 28.2 Å². The van der Waals surface area contributed by atoms with Crippen molar-refractivity contribution in [3.05, 3.63) is 107 Å².